The predicted molar refractivity (Wildman–Crippen MR) is 101 cm³/mol. The first-order chi connectivity index (χ1) is 10.5. The van der Waals surface area contributed by atoms with Crippen LogP contribution in [0, 0.1) is 17.8 Å². The third-order valence-electron chi connectivity index (χ3n) is 5.43. The van der Waals surface area contributed by atoms with Gasteiger partial charge in [-0.05, 0) is 31.6 Å². The van der Waals surface area contributed by atoms with Gasteiger partial charge in [0.05, 0.1) is 18.2 Å². The fraction of sp³-hybridized carbons (Fsp3) is 0.941. The zero-order valence-corrected chi connectivity index (χ0v) is 16.9. The lowest BCUT2D eigenvalue weighted by Crippen LogP contribution is -2.57. The summed E-state index contributed by atoms with van der Waals surface area (Å²) in [6.07, 6.45) is 0.417. The number of hydrogen-bond donors (Lipinski definition) is 1. The second kappa shape index (κ2) is 9.04. The Balaban J connectivity index is 0.00000144. The Morgan fingerprint density at radius 2 is 1.50 bits per heavy atom. The largest absolute Gasteiger partial charge is 0.373 e. The van der Waals surface area contributed by atoms with E-state index in [1.165, 1.54) is 0 Å². The summed E-state index contributed by atoms with van der Waals surface area (Å²) in [6, 6.07) is 0.000542. The van der Waals surface area contributed by atoms with Gasteiger partial charge < -0.3 is 15.0 Å². The molecule has 0 saturated carbocycles. The van der Waals surface area contributed by atoms with Gasteiger partial charge in [-0.2, -0.15) is 0 Å². The van der Waals surface area contributed by atoms with Crippen molar-refractivity contribution in [2.75, 3.05) is 39.3 Å². The summed E-state index contributed by atoms with van der Waals surface area (Å²) >= 11 is 0. The highest BCUT2D eigenvalue weighted by Crippen LogP contribution is 2.29. The SMILES string of the molecule is CC1CN(C(C(=O)N2C[C@H]3CNC[C@H]3C2)C(C)C)CC(C)O1.Cl.Cl. The molecule has 5 nitrogen and oxygen atoms in total. The van der Waals surface area contributed by atoms with E-state index in [0.29, 0.717) is 23.7 Å². The molecule has 7 heteroatoms. The molecule has 0 aromatic carbocycles. The molecular formula is C17H33Cl2N3O2. The van der Waals surface area contributed by atoms with Crippen LogP contribution in [-0.4, -0.2) is 73.2 Å². The summed E-state index contributed by atoms with van der Waals surface area (Å²) in [5.74, 6) is 2.01. The van der Waals surface area contributed by atoms with E-state index in [4.69, 9.17) is 4.74 Å². The van der Waals surface area contributed by atoms with Crippen molar-refractivity contribution in [1.82, 2.24) is 15.1 Å². The summed E-state index contributed by atoms with van der Waals surface area (Å²) in [6.45, 7) is 14.3. The lowest BCUT2D eigenvalue weighted by molar-refractivity contribution is -0.144. The van der Waals surface area contributed by atoms with Crippen molar-refractivity contribution in [3.63, 3.8) is 0 Å². The Kier molecular flexibility index (Phi) is 8.27. The topological polar surface area (TPSA) is 44.8 Å². The number of carbonyl (C=O) groups is 1. The van der Waals surface area contributed by atoms with E-state index >= 15 is 0 Å². The number of nitrogens with one attached hydrogen (secondary N) is 1. The van der Waals surface area contributed by atoms with E-state index in [1.807, 2.05) is 0 Å². The summed E-state index contributed by atoms with van der Waals surface area (Å²) in [5.41, 5.74) is 0. The fourth-order valence-electron chi connectivity index (χ4n) is 4.53. The number of rotatable bonds is 3. The van der Waals surface area contributed by atoms with Gasteiger partial charge in [-0.3, -0.25) is 9.69 Å². The van der Waals surface area contributed by atoms with Gasteiger partial charge in [0.2, 0.25) is 5.91 Å². The smallest absolute Gasteiger partial charge is 0.240 e. The molecule has 3 rings (SSSR count). The number of likely N-dealkylation sites (tertiary alicyclic amines) is 1. The quantitative estimate of drug-likeness (QED) is 0.806. The second-order valence-corrected chi connectivity index (χ2v) is 7.82. The van der Waals surface area contributed by atoms with Gasteiger partial charge in [0.1, 0.15) is 0 Å². The van der Waals surface area contributed by atoms with E-state index in [0.717, 1.165) is 39.3 Å². The zero-order chi connectivity index (χ0) is 15.9. The molecule has 3 aliphatic heterocycles. The van der Waals surface area contributed by atoms with Gasteiger partial charge >= 0.3 is 0 Å². The Labute approximate surface area is 158 Å². The predicted octanol–water partition coefficient (Wildman–Crippen LogP) is 1.64. The van der Waals surface area contributed by atoms with Crippen LogP contribution in [0.15, 0.2) is 0 Å². The first-order valence-electron chi connectivity index (χ1n) is 8.84. The molecule has 1 N–H and O–H groups in total. The van der Waals surface area contributed by atoms with E-state index < -0.39 is 0 Å². The van der Waals surface area contributed by atoms with Crippen LogP contribution < -0.4 is 5.32 Å². The number of amides is 1. The van der Waals surface area contributed by atoms with Gasteiger partial charge in [-0.25, -0.2) is 0 Å². The van der Waals surface area contributed by atoms with Crippen LogP contribution >= 0.6 is 24.8 Å². The monoisotopic (exact) mass is 381 g/mol. The first kappa shape index (κ1) is 22.0. The molecule has 3 unspecified atom stereocenters. The van der Waals surface area contributed by atoms with Crippen LogP contribution in [0.4, 0.5) is 0 Å². The number of morpholine rings is 1. The van der Waals surface area contributed by atoms with Crippen molar-refractivity contribution < 1.29 is 9.53 Å². The highest BCUT2D eigenvalue weighted by atomic mass is 35.5. The summed E-state index contributed by atoms with van der Waals surface area (Å²) in [4.78, 5) is 17.6. The van der Waals surface area contributed by atoms with Crippen LogP contribution in [0.1, 0.15) is 27.7 Å². The second-order valence-electron chi connectivity index (χ2n) is 7.82. The van der Waals surface area contributed by atoms with Crippen molar-refractivity contribution in [3.8, 4) is 0 Å². The Hall–Kier alpha value is -0.0700. The number of halogens is 2. The van der Waals surface area contributed by atoms with Crippen molar-refractivity contribution >= 4 is 30.7 Å². The van der Waals surface area contributed by atoms with E-state index in [9.17, 15) is 4.79 Å². The van der Waals surface area contributed by atoms with E-state index in [-0.39, 0.29) is 43.1 Å². The van der Waals surface area contributed by atoms with Crippen molar-refractivity contribution in [2.45, 2.75) is 45.9 Å². The molecule has 24 heavy (non-hydrogen) atoms. The Morgan fingerprint density at radius 1 is 1.00 bits per heavy atom. The molecule has 3 saturated heterocycles. The third kappa shape index (κ3) is 4.55. The normalized spacial score (nSPS) is 34.5. The minimum absolute atomic E-state index is 0. The molecule has 0 aromatic rings. The molecule has 0 spiro atoms. The van der Waals surface area contributed by atoms with Crippen LogP contribution in [-0.2, 0) is 9.53 Å². The summed E-state index contributed by atoms with van der Waals surface area (Å²) < 4.78 is 5.84. The van der Waals surface area contributed by atoms with Crippen LogP contribution in [0.2, 0.25) is 0 Å². The lowest BCUT2D eigenvalue weighted by atomic mass is 9.99. The highest BCUT2D eigenvalue weighted by Gasteiger charge is 2.42. The molecule has 3 aliphatic rings. The fourth-order valence-corrected chi connectivity index (χ4v) is 4.53. The number of fused-ring (bicyclic) bond motifs is 1. The highest BCUT2D eigenvalue weighted by molar-refractivity contribution is 5.85. The first-order valence-corrected chi connectivity index (χ1v) is 8.84. The maximum absolute atomic E-state index is 13.2. The number of hydrogen-bond acceptors (Lipinski definition) is 4. The average Bonchev–Trinajstić information content (AvgIpc) is 2.97. The number of carbonyl (C=O) groups excluding carboxylic acids is 1. The Bertz CT molecular complexity index is 403. The molecule has 0 radical (unpaired) electrons. The molecule has 0 aliphatic carbocycles. The number of nitrogens with zero attached hydrogens (tertiary/aromatic N) is 2. The molecule has 0 aromatic heterocycles. The summed E-state index contributed by atoms with van der Waals surface area (Å²) in [5, 5.41) is 3.45. The van der Waals surface area contributed by atoms with E-state index in [2.05, 4.69) is 42.8 Å². The van der Waals surface area contributed by atoms with Crippen LogP contribution in [0.5, 0.6) is 0 Å². The van der Waals surface area contributed by atoms with Crippen LogP contribution in [0.25, 0.3) is 0 Å². The molecule has 3 heterocycles. The van der Waals surface area contributed by atoms with Crippen molar-refractivity contribution in [2.24, 2.45) is 17.8 Å². The molecule has 5 atom stereocenters. The van der Waals surface area contributed by atoms with Gasteiger partial charge in [0.25, 0.3) is 0 Å². The maximum atomic E-state index is 13.2. The average molecular weight is 382 g/mol. The Morgan fingerprint density at radius 3 is 1.96 bits per heavy atom. The van der Waals surface area contributed by atoms with E-state index in [1.54, 1.807) is 0 Å². The summed E-state index contributed by atoms with van der Waals surface area (Å²) in [7, 11) is 0. The minimum atomic E-state index is 0. The number of ether oxygens (including phenoxy) is 1. The van der Waals surface area contributed by atoms with Crippen molar-refractivity contribution in [1.29, 1.82) is 0 Å². The van der Waals surface area contributed by atoms with Gasteiger partial charge in [0.15, 0.2) is 0 Å². The third-order valence-corrected chi connectivity index (χ3v) is 5.43. The van der Waals surface area contributed by atoms with Crippen molar-refractivity contribution in [3.05, 3.63) is 0 Å². The van der Waals surface area contributed by atoms with Gasteiger partial charge in [-0.15, -0.1) is 24.8 Å². The van der Waals surface area contributed by atoms with Gasteiger partial charge in [0, 0.05) is 39.3 Å². The zero-order valence-electron chi connectivity index (χ0n) is 15.2. The minimum Gasteiger partial charge on any atom is -0.373 e. The molecule has 142 valence electrons. The molecule has 1 amide bonds. The maximum Gasteiger partial charge on any atom is 0.240 e. The van der Waals surface area contributed by atoms with Crippen LogP contribution in [0.3, 0.4) is 0 Å². The van der Waals surface area contributed by atoms with Gasteiger partial charge in [-0.1, -0.05) is 13.8 Å². The molecular weight excluding hydrogens is 349 g/mol. The molecule has 0 bridgehead atoms. The standard InChI is InChI=1S/C17H31N3O2.2ClH/c1-11(2)16(19-7-12(3)22-13(4)8-19)17(21)20-9-14-5-18-6-15(14)10-20;;/h11-16,18H,5-10H2,1-4H3;2*1H/t12?,13?,14-,15+,16?;;. The molecule has 3 fully saturated rings. The lowest BCUT2D eigenvalue weighted by Gasteiger charge is -2.42.